The van der Waals surface area contributed by atoms with Crippen LogP contribution in [-0.4, -0.2) is 53.7 Å². The van der Waals surface area contributed by atoms with Gasteiger partial charge in [-0.1, -0.05) is 29.8 Å². The number of nitrogens with one attached hydrogen (secondary N) is 1. The van der Waals surface area contributed by atoms with Crippen LogP contribution < -0.4 is 5.32 Å². The summed E-state index contributed by atoms with van der Waals surface area (Å²) < 4.78 is 0. The highest BCUT2D eigenvalue weighted by molar-refractivity contribution is 5.92. The molecule has 1 saturated carbocycles. The van der Waals surface area contributed by atoms with Gasteiger partial charge in [-0.05, 0) is 18.9 Å². The molecule has 25 heavy (non-hydrogen) atoms. The minimum absolute atomic E-state index is 0.0396. The van der Waals surface area contributed by atoms with E-state index in [0.717, 1.165) is 11.1 Å². The summed E-state index contributed by atoms with van der Waals surface area (Å²) in [5.74, 6) is -0.336. The highest BCUT2D eigenvalue weighted by Crippen LogP contribution is 2.40. The SMILES string of the molecule is CC(=O)N1CCN(C(=O)C2CC2C(=O)NCc2cccc(C)c2)CC1. The lowest BCUT2D eigenvalue weighted by atomic mass is 10.1. The molecule has 2 atom stereocenters. The average Bonchev–Trinajstić information content (AvgIpc) is 3.40. The first kappa shape index (κ1) is 17.5. The monoisotopic (exact) mass is 343 g/mol. The zero-order chi connectivity index (χ0) is 18.0. The largest absolute Gasteiger partial charge is 0.352 e. The summed E-state index contributed by atoms with van der Waals surface area (Å²) in [6, 6.07) is 8.02. The first-order valence-corrected chi connectivity index (χ1v) is 8.83. The van der Waals surface area contributed by atoms with Gasteiger partial charge in [0.1, 0.15) is 0 Å². The Morgan fingerprint density at radius 2 is 1.76 bits per heavy atom. The van der Waals surface area contributed by atoms with E-state index in [1.807, 2.05) is 31.2 Å². The number of aryl methyl sites for hydroxylation is 1. The number of carbonyl (C=O) groups is 3. The molecule has 1 aliphatic carbocycles. The van der Waals surface area contributed by atoms with Crippen LogP contribution in [0.3, 0.4) is 0 Å². The van der Waals surface area contributed by atoms with Gasteiger partial charge in [0.2, 0.25) is 17.7 Å². The van der Waals surface area contributed by atoms with Crippen LogP contribution in [0, 0.1) is 18.8 Å². The summed E-state index contributed by atoms with van der Waals surface area (Å²) in [6.07, 6.45) is 0.630. The van der Waals surface area contributed by atoms with Crippen LogP contribution in [-0.2, 0) is 20.9 Å². The zero-order valence-electron chi connectivity index (χ0n) is 14.8. The van der Waals surface area contributed by atoms with Gasteiger partial charge in [-0.25, -0.2) is 0 Å². The third kappa shape index (κ3) is 4.18. The van der Waals surface area contributed by atoms with Crippen molar-refractivity contribution < 1.29 is 14.4 Å². The van der Waals surface area contributed by atoms with Crippen LogP contribution in [0.25, 0.3) is 0 Å². The van der Waals surface area contributed by atoms with Crippen LogP contribution in [0.2, 0.25) is 0 Å². The Morgan fingerprint density at radius 1 is 1.08 bits per heavy atom. The Hall–Kier alpha value is -2.37. The lowest BCUT2D eigenvalue weighted by Crippen LogP contribution is -2.50. The van der Waals surface area contributed by atoms with E-state index in [4.69, 9.17) is 0 Å². The van der Waals surface area contributed by atoms with Crippen molar-refractivity contribution in [3.05, 3.63) is 35.4 Å². The van der Waals surface area contributed by atoms with Crippen molar-refractivity contribution >= 4 is 17.7 Å². The quantitative estimate of drug-likeness (QED) is 0.884. The van der Waals surface area contributed by atoms with Crippen molar-refractivity contribution in [2.45, 2.75) is 26.8 Å². The third-order valence-corrected chi connectivity index (χ3v) is 5.03. The lowest BCUT2D eigenvalue weighted by Gasteiger charge is -2.34. The molecule has 6 heteroatoms. The molecule has 3 rings (SSSR count). The molecule has 1 saturated heterocycles. The number of hydrogen-bond donors (Lipinski definition) is 1. The van der Waals surface area contributed by atoms with E-state index in [0.29, 0.717) is 39.1 Å². The van der Waals surface area contributed by atoms with Crippen LogP contribution in [0.4, 0.5) is 0 Å². The number of carbonyl (C=O) groups excluding carboxylic acids is 3. The molecule has 0 spiro atoms. The second-order valence-electron chi connectivity index (χ2n) is 6.99. The smallest absolute Gasteiger partial charge is 0.226 e. The van der Waals surface area contributed by atoms with Gasteiger partial charge in [0.15, 0.2) is 0 Å². The lowest BCUT2D eigenvalue weighted by molar-refractivity contribution is -0.140. The van der Waals surface area contributed by atoms with E-state index in [1.165, 1.54) is 0 Å². The van der Waals surface area contributed by atoms with Crippen LogP contribution in [0.5, 0.6) is 0 Å². The van der Waals surface area contributed by atoms with E-state index < -0.39 is 0 Å². The molecule has 1 N–H and O–H groups in total. The number of rotatable bonds is 4. The Balaban J connectivity index is 1.45. The molecule has 6 nitrogen and oxygen atoms in total. The number of amides is 3. The summed E-state index contributed by atoms with van der Waals surface area (Å²) >= 11 is 0. The highest BCUT2D eigenvalue weighted by atomic mass is 16.2. The van der Waals surface area contributed by atoms with Gasteiger partial charge in [0.25, 0.3) is 0 Å². The van der Waals surface area contributed by atoms with E-state index in [-0.39, 0.29) is 29.6 Å². The molecule has 1 aliphatic heterocycles. The van der Waals surface area contributed by atoms with E-state index in [1.54, 1.807) is 16.7 Å². The second-order valence-corrected chi connectivity index (χ2v) is 6.99. The molecule has 0 radical (unpaired) electrons. The minimum Gasteiger partial charge on any atom is -0.352 e. The van der Waals surface area contributed by atoms with Gasteiger partial charge in [0, 0.05) is 39.6 Å². The van der Waals surface area contributed by atoms with Crippen molar-refractivity contribution in [1.82, 2.24) is 15.1 Å². The standard InChI is InChI=1S/C19H25N3O3/c1-13-4-3-5-15(10-13)12-20-18(24)16-11-17(16)19(25)22-8-6-21(7-9-22)14(2)23/h3-5,10,16-17H,6-9,11-12H2,1-2H3,(H,20,24). The Bertz CT molecular complexity index is 680. The molecule has 134 valence electrons. The van der Waals surface area contributed by atoms with Crippen molar-refractivity contribution in [2.24, 2.45) is 11.8 Å². The summed E-state index contributed by atoms with van der Waals surface area (Å²) in [5, 5.41) is 2.94. The fraction of sp³-hybridized carbons (Fsp3) is 0.526. The molecule has 2 fully saturated rings. The molecule has 2 unspecified atom stereocenters. The van der Waals surface area contributed by atoms with Crippen molar-refractivity contribution in [1.29, 1.82) is 0 Å². The molecule has 0 aromatic heterocycles. The first-order valence-electron chi connectivity index (χ1n) is 8.83. The van der Waals surface area contributed by atoms with Gasteiger partial charge >= 0.3 is 0 Å². The normalized spacial score (nSPS) is 22.5. The minimum atomic E-state index is -0.205. The Kier molecular flexibility index (Phi) is 5.06. The molecule has 0 bridgehead atoms. The van der Waals surface area contributed by atoms with Crippen molar-refractivity contribution in [2.75, 3.05) is 26.2 Å². The van der Waals surface area contributed by atoms with Gasteiger partial charge in [-0.15, -0.1) is 0 Å². The average molecular weight is 343 g/mol. The molecular formula is C19H25N3O3. The van der Waals surface area contributed by atoms with Gasteiger partial charge in [-0.3, -0.25) is 14.4 Å². The maximum absolute atomic E-state index is 12.5. The molecule has 3 amide bonds. The number of nitrogens with zero attached hydrogens (tertiary/aromatic N) is 2. The maximum Gasteiger partial charge on any atom is 0.226 e. The second kappa shape index (κ2) is 7.25. The fourth-order valence-corrected chi connectivity index (χ4v) is 3.38. The molecule has 2 aliphatic rings. The maximum atomic E-state index is 12.5. The van der Waals surface area contributed by atoms with Gasteiger partial charge in [-0.2, -0.15) is 0 Å². The Labute approximate surface area is 148 Å². The molecule has 1 aromatic rings. The topological polar surface area (TPSA) is 69.7 Å². The van der Waals surface area contributed by atoms with Crippen molar-refractivity contribution in [3.8, 4) is 0 Å². The van der Waals surface area contributed by atoms with Crippen molar-refractivity contribution in [3.63, 3.8) is 0 Å². The summed E-state index contributed by atoms with van der Waals surface area (Å²) in [4.78, 5) is 39.7. The third-order valence-electron chi connectivity index (χ3n) is 5.03. The van der Waals surface area contributed by atoms with Crippen LogP contribution in [0.1, 0.15) is 24.5 Å². The summed E-state index contributed by atoms with van der Waals surface area (Å²) in [6.45, 7) is 6.35. The number of hydrogen-bond acceptors (Lipinski definition) is 3. The van der Waals surface area contributed by atoms with E-state index >= 15 is 0 Å². The number of benzene rings is 1. The first-order chi connectivity index (χ1) is 12.0. The predicted octanol–water partition coefficient (Wildman–Crippen LogP) is 0.938. The fourth-order valence-electron chi connectivity index (χ4n) is 3.38. The Morgan fingerprint density at radius 3 is 2.40 bits per heavy atom. The molecular weight excluding hydrogens is 318 g/mol. The van der Waals surface area contributed by atoms with Gasteiger partial charge < -0.3 is 15.1 Å². The van der Waals surface area contributed by atoms with Crippen LogP contribution in [0.15, 0.2) is 24.3 Å². The van der Waals surface area contributed by atoms with Gasteiger partial charge in [0.05, 0.1) is 11.8 Å². The van der Waals surface area contributed by atoms with Crippen LogP contribution >= 0.6 is 0 Å². The summed E-state index contributed by atoms with van der Waals surface area (Å²) in [7, 11) is 0. The van der Waals surface area contributed by atoms with E-state index in [9.17, 15) is 14.4 Å². The van der Waals surface area contributed by atoms with E-state index in [2.05, 4.69) is 5.32 Å². The highest BCUT2D eigenvalue weighted by Gasteiger charge is 2.49. The summed E-state index contributed by atoms with van der Waals surface area (Å²) in [5.41, 5.74) is 2.23. The predicted molar refractivity (Wildman–Crippen MR) is 93.5 cm³/mol. The zero-order valence-corrected chi connectivity index (χ0v) is 14.8. The number of piperazine rings is 1. The molecule has 1 aromatic carbocycles. The molecule has 1 heterocycles.